The van der Waals surface area contributed by atoms with Crippen molar-refractivity contribution in [1.29, 1.82) is 0 Å². The number of benzene rings is 1. The molecule has 118 valence electrons. The molecule has 0 spiro atoms. The van der Waals surface area contributed by atoms with Crippen molar-refractivity contribution in [3.05, 3.63) is 41.5 Å². The van der Waals surface area contributed by atoms with Crippen molar-refractivity contribution in [1.82, 2.24) is 9.55 Å². The van der Waals surface area contributed by atoms with Crippen LogP contribution in [0.5, 0.6) is 0 Å². The lowest BCUT2D eigenvalue weighted by molar-refractivity contribution is 0.0599. The second-order valence-electron chi connectivity index (χ2n) is 4.90. The second kappa shape index (κ2) is 5.92. The quantitative estimate of drug-likeness (QED) is 0.804. The minimum absolute atomic E-state index is 0.138. The van der Waals surface area contributed by atoms with Crippen LogP contribution < -0.4 is 0 Å². The maximum absolute atomic E-state index is 12.3. The second-order valence-corrected chi connectivity index (χ2v) is 6.85. The zero-order valence-electron chi connectivity index (χ0n) is 13.0. The smallest absolute Gasteiger partial charge is 0.338 e. The maximum atomic E-state index is 12.3. The summed E-state index contributed by atoms with van der Waals surface area (Å²) >= 11 is 0. The van der Waals surface area contributed by atoms with E-state index in [2.05, 4.69) is 4.98 Å². The predicted octanol–water partition coefficient (Wildman–Crippen LogP) is 1.93. The molecule has 1 aromatic carbocycles. The highest BCUT2D eigenvalue weighted by atomic mass is 32.2. The Kier molecular flexibility index (Phi) is 4.37. The lowest BCUT2D eigenvalue weighted by atomic mass is 10.0. The van der Waals surface area contributed by atoms with E-state index in [1.54, 1.807) is 42.9 Å². The van der Waals surface area contributed by atoms with Gasteiger partial charge in [0.05, 0.1) is 23.3 Å². The molecule has 1 aromatic heterocycles. The fourth-order valence-corrected chi connectivity index (χ4v) is 3.75. The largest absolute Gasteiger partial charge is 0.465 e. The van der Waals surface area contributed by atoms with Crippen molar-refractivity contribution >= 4 is 15.8 Å². The van der Waals surface area contributed by atoms with Crippen LogP contribution in [0.3, 0.4) is 0 Å². The first-order valence-electron chi connectivity index (χ1n) is 6.75. The Bertz CT molecular complexity index is 822. The van der Waals surface area contributed by atoms with Crippen LogP contribution in [-0.2, 0) is 21.0 Å². The average Bonchev–Trinajstić information content (AvgIpc) is 2.89. The fourth-order valence-electron chi connectivity index (χ4n) is 2.50. The Balaban J connectivity index is 2.88. The molecule has 0 aliphatic rings. The molecule has 0 fully saturated rings. The van der Waals surface area contributed by atoms with Gasteiger partial charge < -0.3 is 9.30 Å². The summed E-state index contributed by atoms with van der Waals surface area (Å²) in [6.07, 6.45) is 4.82. The van der Waals surface area contributed by atoms with Gasteiger partial charge in [0, 0.05) is 18.6 Å². The highest BCUT2D eigenvalue weighted by Gasteiger charge is 2.25. The number of rotatable bonds is 4. The topological polar surface area (TPSA) is 78.3 Å². The lowest BCUT2D eigenvalue weighted by Crippen LogP contribution is -2.14. The van der Waals surface area contributed by atoms with Crippen LogP contribution in [0.25, 0.3) is 5.69 Å². The van der Waals surface area contributed by atoms with E-state index in [1.165, 1.54) is 7.11 Å². The molecule has 1 heterocycles. The Morgan fingerprint density at radius 1 is 1.36 bits per heavy atom. The molecule has 0 aliphatic carbocycles. The molecule has 0 amide bonds. The maximum Gasteiger partial charge on any atom is 0.338 e. The molecule has 0 saturated carbocycles. The van der Waals surface area contributed by atoms with Gasteiger partial charge in [0.1, 0.15) is 5.82 Å². The van der Waals surface area contributed by atoms with Gasteiger partial charge in [-0.3, -0.25) is 0 Å². The number of carbonyl (C=O) groups is 1. The number of aromatic nitrogens is 2. The molecule has 22 heavy (non-hydrogen) atoms. The van der Waals surface area contributed by atoms with Gasteiger partial charge in [-0.05, 0) is 31.0 Å². The van der Waals surface area contributed by atoms with Gasteiger partial charge in [0.2, 0.25) is 0 Å². The summed E-state index contributed by atoms with van der Waals surface area (Å²) in [6.45, 7) is 3.59. The summed E-state index contributed by atoms with van der Waals surface area (Å²) in [6, 6.07) is 3.20. The van der Waals surface area contributed by atoms with E-state index in [-0.39, 0.29) is 10.5 Å². The number of esters is 1. The van der Waals surface area contributed by atoms with E-state index in [4.69, 9.17) is 4.74 Å². The number of methoxy groups -OCH3 is 1. The van der Waals surface area contributed by atoms with Crippen molar-refractivity contribution in [3.8, 4) is 5.69 Å². The van der Waals surface area contributed by atoms with Gasteiger partial charge in [0.15, 0.2) is 9.84 Å². The number of hydrogen-bond acceptors (Lipinski definition) is 5. The molecule has 0 saturated heterocycles. The van der Waals surface area contributed by atoms with E-state index in [9.17, 15) is 13.2 Å². The molecule has 2 rings (SSSR count). The van der Waals surface area contributed by atoms with Crippen LogP contribution in [0.2, 0.25) is 0 Å². The molecule has 0 radical (unpaired) electrons. The minimum atomic E-state index is -3.54. The van der Waals surface area contributed by atoms with E-state index in [0.29, 0.717) is 23.5 Å². The summed E-state index contributed by atoms with van der Waals surface area (Å²) in [7, 11) is -2.27. The summed E-state index contributed by atoms with van der Waals surface area (Å²) in [5, 5.41) is 0. The summed E-state index contributed by atoms with van der Waals surface area (Å²) in [4.78, 5) is 16.2. The Labute approximate surface area is 129 Å². The highest BCUT2D eigenvalue weighted by molar-refractivity contribution is 7.90. The number of hydrogen-bond donors (Lipinski definition) is 0. The summed E-state index contributed by atoms with van der Waals surface area (Å²) in [5.41, 5.74) is 1.22. The Hall–Kier alpha value is -2.15. The van der Waals surface area contributed by atoms with Crippen molar-refractivity contribution in [2.45, 2.75) is 25.2 Å². The lowest BCUT2D eigenvalue weighted by Gasteiger charge is -2.17. The number of ether oxygens (including phenoxy) is 1. The van der Waals surface area contributed by atoms with Crippen molar-refractivity contribution in [2.75, 3.05) is 13.4 Å². The molecular weight excluding hydrogens is 304 g/mol. The average molecular weight is 322 g/mol. The molecule has 0 atom stereocenters. The van der Waals surface area contributed by atoms with E-state index < -0.39 is 15.8 Å². The van der Waals surface area contributed by atoms with E-state index >= 15 is 0 Å². The molecule has 6 nitrogen and oxygen atoms in total. The van der Waals surface area contributed by atoms with Crippen LogP contribution in [0, 0.1) is 6.92 Å². The molecule has 0 N–H and O–H groups in total. The van der Waals surface area contributed by atoms with Crippen LogP contribution in [-0.4, -0.2) is 37.3 Å². The summed E-state index contributed by atoms with van der Waals surface area (Å²) in [5.74, 6) is 0.119. The van der Waals surface area contributed by atoms with Gasteiger partial charge >= 0.3 is 5.97 Å². The third kappa shape index (κ3) is 2.76. The van der Waals surface area contributed by atoms with Crippen LogP contribution >= 0.6 is 0 Å². The first kappa shape index (κ1) is 16.2. The first-order chi connectivity index (χ1) is 10.3. The SMILES string of the molecule is CCc1c(C(=O)OC)ccc(-n2ccnc2C)c1S(C)(=O)=O. The third-order valence-electron chi connectivity index (χ3n) is 3.45. The fraction of sp³-hybridized carbons (Fsp3) is 0.333. The Morgan fingerprint density at radius 2 is 2.05 bits per heavy atom. The molecule has 7 heteroatoms. The van der Waals surface area contributed by atoms with Gasteiger partial charge in [-0.2, -0.15) is 0 Å². The number of nitrogens with zero attached hydrogens (tertiary/aromatic N) is 2. The third-order valence-corrected chi connectivity index (χ3v) is 4.65. The van der Waals surface area contributed by atoms with Crippen molar-refractivity contribution in [3.63, 3.8) is 0 Å². The number of aryl methyl sites for hydroxylation is 1. The number of sulfone groups is 1. The molecule has 0 bridgehead atoms. The zero-order valence-corrected chi connectivity index (χ0v) is 13.8. The molecule has 0 unspecified atom stereocenters. The van der Waals surface area contributed by atoms with Crippen molar-refractivity contribution in [2.24, 2.45) is 0 Å². The molecular formula is C15H18N2O4S. The van der Waals surface area contributed by atoms with E-state index in [1.807, 2.05) is 0 Å². The predicted molar refractivity (Wildman–Crippen MR) is 82.1 cm³/mol. The normalized spacial score (nSPS) is 11.5. The highest BCUT2D eigenvalue weighted by Crippen LogP contribution is 2.29. The summed E-state index contributed by atoms with van der Waals surface area (Å²) < 4.78 is 31.1. The van der Waals surface area contributed by atoms with Gasteiger partial charge in [0.25, 0.3) is 0 Å². The minimum Gasteiger partial charge on any atom is -0.465 e. The van der Waals surface area contributed by atoms with Gasteiger partial charge in [-0.15, -0.1) is 0 Å². The first-order valence-corrected chi connectivity index (χ1v) is 8.65. The number of imidazole rings is 1. The van der Waals surface area contributed by atoms with Crippen LogP contribution in [0.4, 0.5) is 0 Å². The Morgan fingerprint density at radius 3 is 2.50 bits per heavy atom. The molecule has 2 aromatic rings. The standard InChI is InChI=1S/C15H18N2O4S/c1-5-11-12(15(18)21-3)6-7-13(14(11)22(4,19)20)17-9-8-16-10(17)2/h6-9H,5H2,1-4H3. The van der Waals surface area contributed by atoms with Gasteiger partial charge in [-0.25, -0.2) is 18.2 Å². The van der Waals surface area contributed by atoms with Crippen LogP contribution in [0.1, 0.15) is 28.7 Å². The number of carbonyl (C=O) groups excluding carboxylic acids is 1. The zero-order chi connectivity index (χ0) is 16.5. The van der Waals surface area contributed by atoms with E-state index in [0.717, 1.165) is 6.26 Å². The monoisotopic (exact) mass is 322 g/mol. The molecule has 0 aliphatic heterocycles. The van der Waals surface area contributed by atoms with Gasteiger partial charge in [-0.1, -0.05) is 6.92 Å². The van der Waals surface area contributed by atoms with Crippen molar-refractivity contribution < 1.29 is 17.9 Å². The van der Waals surface area contributed by atoms with Crippen LogP contribution in [0.15, 0.2) is 29.4 Å².